The molecule has 11 heteroatoms. The van der Waals surface area contributed by atoms with E-state index in [4.69, 9.17) is 5.11 Å². The summed E-state index contributed by atoms with van der Waals surface area (Å²) in [6, 6.07) is 5.99. The number of H-pyrrole nitrogens is 1. The van der Waals surface area contributed by atoms with Crippen LogP contribution in [-0.2, 0) is 27.2 Å². The predicted octanol–water partition coefficient (Wildman–Crippen LogP) is 0.289. The summed E-state index contributed by atoms with van der Waals surface area (Å²) in [4.78, 5) is 38.1. The van der Waals surface area contributed by atoms with Gasteiger partial charge in [0.15, 0.2) is 5.82 Å². The number of β-lactam (4-membered cyclic amide) rings is 1. The summed E-state index contributed by atoms with van der Waals surface area (Å²) < 4.78 is -0.324. The number of hydrogen-bond acceptors (Lipinski definition) is 7. The topological polar surface area (TPSA) is 141 Å². The Labute approximate surface area is 170 Å². The first-order valence-corrected chi connectivity index (χ1v) is 9.97. The molecule has 3 unspecified atom stereocenters. The Morgan fingerprint density at radius 1 is 1.28 bits per heavy atom. The highest BCUT2D eigenvalue weighted by atomic mass is 32.2. The van der Waals surface area contributed by atoms with Crippen LogP contribution in [-0.4, -0.2) is 64.6 Å². The van der Waals surface area contributed by atoms with Crippen molar-refractivity contribution in [2.75, 3.05) is 0 Å². The standard InChI is InChI=1S/C18H20N6O4S/c1-18(2)14(15-20-22-23-21-15)24-16(28)13(17(24)29-18)19-11(25)7-9-5-3-4-6-10(9)8-12(26)27/h3-6,13-14,17H,7-8H2,1-2H3,(H,19,25)(H,26,27)(H,20,21,22,23). The molecular formula is C18H20N6O4S. The summed E-state index contributed by atoms with van der Waals surface area (Å²) in [6.45, 7) is 4.02. The molecule has 2 aliphatic heterocycles. The number of aromatic amines is 1. The quantitative estimate of drug-likeness (QED) is 0.571. The third-order valence-corrected chi connectivity index (χ3v) is 6.76. The number of carboxylic acids is 1. The molecule has 2 saturated heterocycles. The molecule has 0 aliphatic carbocycles. The number of rotatable bonds is 6. The van der Waals surface area contributed by atoms with Crippen LogP contribution in [0.25, 0.3) is 0 Å². The summed E-state index contributed by atoms with van der Waals surface area (Å²) in [5.74, 6) is -0.934. The van der Waals surface area contributed by atoms with Crippen molar-refractivity contribution in [2.45, 2.75) is 48.9 Å². The van der Waals surface area contributed by atoms with E-state index >= 15 is 0 Å². The zero-order valence-corrected chi connectivity index (χ0v) is 16.6. The Morgan fingerprint density at radius 3 is 2.59 bits per heavy atom. The number of carboxylic acid groups (broad SMARTS) is 1. The lowest BCUT2D eigenvalue weighted by Gasteiger charge is -2.44. The SMILES string of the molecule is CC1(C)SC2C(NC(=O)Cc3ccccc3CC(=O)O)C(=O)N2C1c1nnn[nH]1. The van der Waals surface area contributed by atoms with Crippen molar-refractivity contribution in [3.05, 3.63) is 41.2 Å². The molecule has 29 heavy (non-hydrogen) atoms. The number of hydrogen-bond donors (Lipinski definition) is 3. The number of carbonyl (C=O) groups is 3. The molecule has 3 heterocycles. The van der Waals surface area contributed by atoms with Crippen LogP contribution in [0.2, 0.25) is 0 Å². The fourth-order valence-electron chi connectivity index (χ4n) is 3.94. The second-order valence-corrected chi connectivity index (χ2v) is 9.38. The second-order valence-electron chi connectivity index (χ2n) is 7.61. The third-order valence-electron chi connectivity index (χ3n) is 5.19. The zero-order chi connectivity index (χ0) is 20.8. The van der Waals surface area contributed by atoms with Crippen LogP contribution < -0.4 is 5.32 Å². The highest BCUT2D eigenvalue weighted by Crippen LogP contribution is 2.56. The average molecular weight is 416 g/mol. The number of carbonyl (C=O) groups excluding carboxylic acids is 2. The van der Waals surface area contributed by atoms with Gasteiger partial charge in [-0.3, -0.25) is 14.4 Å². The Morgan fingerprint density at radius 2 is 1.97 bits per heavy atom. The molecule has 2 fully saturated rings. The van der Waals surface area contributed by atoms with Gasteiger partial charge in [-0.2, -0.15) is 0 Å². The largest absolute Gasteiger partial charge is 0.481 e. The number of amides is 2. The van der Waals surface area contributed by atoms with Crippen LogP contribution in [0, 0.1) is 0 Å². The van der Waals surface area contributed by atoms with Gasteiger partial charge in [-0.1, -0.05) is 24.3 Å². The van der Waals surface area contributed by atoms with Gasteiger partial charge < -0.3 is 15.3 Å². The minimum Gasteiger partial charge on any atom is -0.481 e. The first kappa shape index (κ1) is 19.4. The molecule has 152 valence electrons. The predicted molar refractivity (Wildman–Crippen MR) is 103 cm³/mol. The summed E-state index contributed by atoms with van der Waals surface area (Å²) in [5.41, 5.74) is 1.23. The molecule has 10 nitrogen and oxygen atoms in total. The number of benzene rings is 1. The second kappa shape index (κ2) is 7.14. The monoisotopic (exact) mass is 416 g/mol. The molecule has 1 aromatic carbocycles. The van der Waals surface area contributed by atoms with Crippen molar-refractivity contribution in [2.24, 2.45) is 0 Å². The van der Waals surface area contributed by atoms with E-state index in [1.54, 1.807) is 40.9 Å². The van der Waals surface area contributed by atoms with Crippen LogP contribution in [0.3, 0.4) is 0 Å². The molecule has 2 aromatic rings. The lowest BCUT2D eigenvalue weighted by Crippen LogP contribution is -2.68. The van der Waals surface area contributed by atoms with Crippen molar-refractivity contribution in [3.63, 3.8) is 0 Å². The molecule has 0 spiro atoms. The summed E-state index contributed by atoms with van der Waals surface area (Å²) in [6.07, 6.45) is -0.136. The van der Waals surface area contributed by atoms with E-state index < -0.39 is 12.0 Å². The summed E-state index contributed by atoms with van der Waals surface area (Å²) in [5, 5.41) is 25.6. The molecular weight excluding hydrogens is 396 g/mol. The molecule has 3 N–H and O–H groups in total. The molecule has 1 aromatic heterocycles. The molecule has 0 bridgehead atoms. The Kier molecular flexibility index (Phi) is 4.77. The van der Waals surface area contributed by atoms with Crippen molar-refractivity contribution < 1.29 is 19.5 Å². The number of nitrogens with one attached hydrogen (secondary N) is 2. The van der Waals surface area contributed by atoms with Crippen LogP contribution >= 0.6 is 11.8 Å². The van der Waals surface area contributed by atoms with Crippen molar-refractivity contribution >= 4 is 29.5 Å². The highest BCUT2D eigenvalue weighted by Gasteiger charge is 2.63. The van der Waals surface area contributed by atoms with Gasteiger partial charge in [0.1, 0.15) is 17.5 Å². The maximum atomic E-state index is 12.8. The Bertz CT molecular complexity index is 963. The maximum Gasteiger partial charge on any atom is 0.307 e. The number of nitrogens with zero attached hydrogens (tertiary/aromatic N) is 4. The minimum atomic E-state index is -0.958. The molecule has 0 radical (unpaired) electrons. The van der Waals surface area contributed by atoms with Gasteiger partial charge in [0, 0.05) is 4.75 Å². The minimum absolute atomic E-state index is 0.0173. The molecule has 4 rings (SSSR count). The van der Waals surface area contributed by atoms with E-state index in [0.29, 0.717) is 17.0 Å². The van der Waals surface area contributed by atoms with E-state index in [2.05, 4.69) is 25.9 Å². The fourth-order valence-corrected chi connectivity index (χ4v) is 5.57. The van der Waals surface area contributed by atoms with Crippen molar-refractivity contribution in [1.82, 2.24) is 30.8 Å². The fraction of sp³-hybridized carbons (Fsp3) is 0.444. The van der Waals surface area contributed by atoms with Gasteiger partial charge in [-0.15, -0.1) is 16.9 Å². The van der Waals surface area contributed by atoms with Crippen LogP contribution in [0.1, 0.15) is 36.8 Å². The zero-order valence-electron chi connectivity index (χ0n) is 15.8. The highest BCUT2D eigenvalue weighted by molar-refractivity contribution is 8.01. The van der Waals surface area contributed by atoms with Gasteiger partial charge in [-0.25, -0.2) is 5.10 Å². The van der Waals surface area contributed by atoms with E-state index in [0.717, 1.165) is 0 Å². The lowest BCUT2D eigenvalue weighted by atomic mass is 9.95. The number of fused-ring (bicyclic) bond motifs is 1. The van der Waals surface area contributed by atoms with Gasteiger partial charge in [0.2, 0.25) is 11.8 Å². The number of aliphatic carboxylic acids is 1. The normalized spacial score (nSPS) is 24.7. The Balaban J connectivity index is 1.45. The van der Waals surface area contributed by atoms with Gasteiger partial charge in [0.25, 0.3) is 0 Å². The first-order chi connectivity index (χ1) is 13.8. The summed E-state index contributed by atoms with van der Waals surface area (Å²) >= 11 is 1.59. The Hall–Kier alpha value is -2.95. The lowest BCUT2D eigenvalue weighted by molar-refractivity contribution is -0.151. The molecule has 2 amide bonds. The number of tetrazole rings is 1. The maximum absolute atomic E-state index is 12.8. The van der Waals surface area contributed by atoms with Crippen LogP contribution in [0.4, 0.5) is 0 Å². The molecule has 0 saturated carbocycles. The van der Waals surface area contributed by atoms with E-state index in [1.165, 1.54) is 0 Å². The van der Waals surface area contributed by atoms with Gasteiger partial charge in [-0.05, 0) is 35.4 Å². The van der Waals surface area contributed by atoms with Crippen molar-refractivity contribution in [1.29, 1.82) is 0 Å². The van der Waals surface area contributed by atoms with Gasteiger partial charge >= 0.3 is 5.97 Å². The van der Waals surface area contributed by atoms with E-state index in [1.807, 2.05) is 13.8 Å². The smallest absolute Gasteiger partial charge is 0.307 e. The molecule has 2 aliphatic rings. The average Bonchev–Trinajstić information content (AvgIpc) is 3.25. The first-order valence-electron chi connectivity index (χ1n) is 9.09. The van der Waals surface area contributed by atoms with Crippen molar-refractivity contribution in [3.8, 4) is 0 Å². The van der Waals surface area contributed by atoms with E-state index in [-0.39, 0.29) is 40.8 Å². The van der Waals surface area contributed by atoms with Crippen LogP contribution in [0.5, 0.6) is 0 Å². The number of aromatic nitrogens is 4. The van der Waals surface area contributed by atoms with Crippen LogP contribution in [0.15, 0.2) is 24.3 Å². The third kappa shape index (κ3) is 3.46. The summed E-state index contributed by atoms with van der Waals surface area (Å²) in [7, 11) is 0. The van der Waals surface area contributed by atoms with E-state index in [9.17, 15) is 14.4 Å². The number of thioether (sulfide) groups is 1. The van der Waals surface area contributed by atoms with Gasteiger partial charge in [0.05, 0.1) is 12.8 Å². The molecule has 3 atom stereocenters.